The Kier molecular flexibility index (Phi) is 3.91. The Labute approximate surface area is 92.7 Å². The third-order valence-corrected chi connectivity index (χ3v) is 2.34. The van der Waals surface area contributed by atoms with E-state index in [-0.39, 0.29) is 0 Å². The fourth-order valence-electron chi connectivity index (χ4n) is 1.63. The summed E-state index contributed by atoms with van der Waals surface area (Å²) in [6, 6.07) is 8.36. The Balaban J connectivity index is 3.07. The molecule has 1 aromatic rings. The Morgan fingerprint density at radius 2 is 1.93 bits per heavy atom. The maximum Gasteiger partial charge on any atom is 0.0991 e. The molecule has 1 aromatic carbocycles. The van der Waals surface area contributed by atoms with Gasteiger partial charge in [-0.1, -0.05) is 33.8 Å². The van der Waals surface area contributed by atoms with Crippen LogP contribution in [0.4, 0.5) is 0 Å². The summed E-state index contributed by atoms with van der Waals surface area (Å²) in [5.74, 6) is 1.89. The summed E-state index contributed by atoms with van der Waals surface area (Å²) in [5.41, 5.74) is 3.22. The summed E-state index contributed by atoms with van der Waals surface area (Å²) >= 11 is 0. The van der Waals surface area contributed by atoms with Gasteiger partial charge in [-0.3, -0.25) is 0 Å². The van der Waals surface area contributed by atoms with Crippen LogP contribution in [0.3, 0.4) is 0 Å². The second kappa shape index (κ2) is 4.98. The molecule has 0 fully saturated rings. The molecule has 0 heterocycles. The molecule has 0 saturated heterocycles. The van der Waals surface area contributed by atoms with E-state index in [1.54, 1.807) is 0 Å². The van der Waals surface area contributed by atoms with E-state index in [0.29, 0.717) is 5.92 Å². The van der Waals surface area contributed by atoms with Gasteiger partial charge in [-0.2, -0.15) is 5.26 Å². The van der Waals surface area contributed by atoms with E-state index in [9.17, 15) is 0 Å². The standard InChI is InChI=1S/C14H18N/c1-10(2)5-12-6-13(9-15)8-14(7-12)11(3)4/h6-8,10H,5H2,1-4H3. The quantitative estimate of drug-likeness (QED) is 0.729. The minimum absolute atomic E-state index is 0.629. The number of hydrogen-bond donors (Lipinski definition) is 0. The van der Waals surface area contributed by atoms with Gasteiger partial charge >= 0.3 is 0 Å². The van der Waals surface area contributed by atoms with Gasteiger partial charge < -0.3 is 0 Å². The first-order valence-corrected chi connectivity index (χ1v) is 5.37. The Bertz CT molecular complexity index is 369. The molecule has 15 heavy (non-hydrogen) atoms. The summed E-state index contributed by atoms with van der Waals surface area (Å²) in [6.07, 6.45) is 1.04. The fourth-order valence-corrected chi connectivity index (χ4v) is 1.63. The van der Waals surface area contributed by atoms with Crippen LogP contribution < -0.4 is 0 Å². The lowest BCUT2D eigenvalue weighted by molar-refractivity contribution is 0.647. The van der Waals surface area contributed by atoms with E-state index in [2.05, 4.69) is 39.8 Å². The summed E-state index contributed by atoms with van der Waals surface area (Å²) in [5, 5.41) is 8.94. The summed E-state index contributed by atoms with van der Waals surface area (Å²) < 4.78 is 0. The molecular formula is C14H18N. The molecule has 0 aliphatic heterocycles. The van der Waals surface area contributed by atoms with E-state index in [4.69, 9.17) is 5.26 Å². The van der Waals surface area contributed by atoms with Crippen molar-refractivity contribution in [2.24, 2.45) is 5.92 Å². The Morgan fingerprint density at radius 3 is 2.40 bits per heavy atom. The predicted molar refractivity (Wildman–Crippen MR) is 63.4 cm³/mol. The van der Waals surface area contributed by atoms with Crippen molar-refractivity contribution in [3.8, 4) is 6.07 Å². The lowest BCUT2D eigenvalue weighted by Crippen LogP contribution is -1.98. The molecule has 79 valence electrons. The zero-order valence-corrected chi connectivity index (χ0v) is 9.96. The molecule has 1 heteroatoms. The van der Waals surface area contributed by atoms with Crippen LogP contribution in [0.2, 0.25) is 0 Å². The first-order chi connectivity index (χ1) is 7.02. The van der Waals surface area contributed by atoms with Gasteiger partial charge in [0.1, 0.15) is 0 Å². The first-order valence-electron chi connectivity index (χ1n) is 5.37. The average Bonchev–Trinajstić information content (AvgIpc) is 2.16. The van der Waals surface area contributed by atoms with Gasteiger partial charge in [0.2, 0.25) is 0 Å². The van der Waals surface area contributed by atoms with Crippen molar-refractivity contribution in [3.05, 3.63) is 40.8 Å². The largest absolute Gasteiger partial charge is 0.192 e. The SMILES string of the molecule is C[C](C)c1cc(C#N)cc(CC(C)C)c1. The van der Waals surface area contributed by atoms with Crippen molar-refractivity contribution >= 4 is 0 Å². The van der Waals surface area contributed by atoms with Crippen molar-refractivity contribution in [2.45, 2.75) is 34.1 Å². The zero-order chi connectivity index (χ0) is 11.4. The molecule has 0 aliphatic carbocycles. The highest BCUT2D eigenvalue weighted by Crippen LogP contribution is 2.19. The van der Waals surface area contributed by atoms with Gasteiger partial charge in [0.15, 0.2) is 0 Å². The van der Waals surface area contributed by atoms with Gasteiger partial charge in [-0.05, 0) is 41.5 Å². The molecule has 0 amide bonds. The van der Waals surface area contributed by atoms with Crippen molar-refractivity contribution in [3.63, 3.8) is 0 Å². The fraction of sp³-hybridized carbons (Fsp3) is 0.429. The molecule has 0 aromatic heterocycles. The van der Waals surface area contributed by atoms with Crippen molar-refractivity contribution < 1.29 is 0 Å². The van der Waals surface area contributed by atoms with Crippen LogP contribution in [0.1, 0.15) is 44.4 Å². The van der Waals surface area contributed by atoms with Gasteiger partial charge in [0.05, 0.1) is 11.6 Å². The van der Waals surface area contributed by atoms with Crippen LogP contribution >= 0.6 is 0 Å². The average molecular weight is 200 g/mol. The third-order valence-electron chi connectivity index (χ3n) is 2.34. The topological polar surface area (TPSA) is 23.8 Å². The zero-order valence-electron chi connectivity index (χ0n) is 9.96. The smallest absolute Gasteiger partial charge is 0.0991 e. The first kappa shape index (κ1) is 11.8. The molecular weight excluding hydrogens is 182 g/mol. The van der Waals surface area contributed by atoms with Crippen LogP contribution in [-0.4, -0.2) is 0 Å². The molecule has 0 atom stereocenters. The highest BCUT2D eigenvalue weighted by Gasteiger charge is 2.05. The van der Waals surface area contributed by atoms with Crippen molar-refractivity contribution in [2.75, 3.05) is 0 Å². The minimum Gasteiger partial charge on any atom is -0.192 e. The molecule has 0 unspecified atom stereocenters. The summed E-state index contributed by atoms with van der Waals surface area (Å²) in [7, 11) is 0. The minimum atomic E-state index is 0.629. The van der Waals surface area contributed by atoms with E-state index in [1.807, 2.05) is 12.1 Å². The number of nitriles is 1. The van der Waals surface area contributed by atoms with Gasteiger partial charge in [0.25, 0.3) is 0 Å². The molecule has 1 rings (SSSR count). The Hall–Kier alpha value is -1.29. The van der Waals surface area contributed by atoms with E-state index >= 15 is 0 Å². The van der Waals surface area contributed by atoms with Gasteiger partial charge in [-0.25, -0.2) is 0 Å². The van der Waals surface area contributed by atoms with Crippen molar-refractivity contribution in [1.82, 2.24) is 0 Å². The van der Waals surface area contributed by atoms with E-state index in [1.165, 1.54) is 17.0 Å². The predicted octanol–water partition coefficient (Wildman–Crippen LogP) is 3.72. The normalized spacial score (nSPS) is 10.7. The monoisotopic (exact) mass is 200 g/mol. The molecule has 0 aliphatic rings. The van der Waals surface area contributed by atoms with Gasteiger partial charge in [-0.15, -0.1) is 0 Å². The van der Waals surface area contributed by atoms with E-state index in [0.717, 1.165) is 12.0 Å². The second-order valence-corrected chi connectivity index (χ2v) is 4.63. The Morgan fingerprint density at radius 1 is 1.27 bits per heavy atom. The molecule has 0 N–H and O–H groups in total. The van der Waals surface area contributed by atoms with Crippen LogP contribution in [-0.2, 0) is 6.42 Å². The number of rotatable bonds is 3. The van der Waals surface area contributed by atoms with Crippen molar-refractivity contribution in [1.29, 1.82) is 5.26 Å². The number of hydrogen-bond acceptors (Lipinski definition) is 1. The highest BCUT2D eigenvalue weighted by molar-refractivity contribution is 5.42. The third kappa shape index (κ3) is 3.40. The summed E-state index contributed by atoms with van der Waals surface area (Å²) in [4.78, 5) is 0. The molecule has 1 radical (unpaired) electrons. The van der Waals surface area contributed by atoms with Gasteiger partial charge in [0, 0.05) is 0 Å². The molecule has 0 saturated carbocycles. The van der Waals surface area contributed by atoms with Crippen LogP contribution in [0.25, 0.3) is 0 Å². The van der Waals surface area contributed by atoms with Crippen LogP contribution in [0.5, 0.6) is 0 Å². The maximum atomic E-state index is 8.94. The highest BCUT2D eigenvalue weighted by atomic mass is 14.2. The van der Waals surface area contributed by atoms with E-state index < -0.39 is 0 Å². The van der Waals surface area contributed by atoms with Crippen LogP contribution in [0.15, 0.2) is 18.2 Å². The maximum absolute atomic E-state index is 8.94. The number of benzene rings is 1. The molecule has 0 bridgehead atoms. The summed E-state index contributed by atoms with van der Waals surface area (Å²) in [6.45, 7) is 8.55. The molecule has 0 spiro atoms. The second-order valence-electron chi connectivity index (χ2n) is 4.63. The number of nitrogens with zero attached hydrogens (tertiary/aromatic N) is 1. The lowest BCUT2D eigenvalue weighted by Gasteiger charge is -2.10. The van der Waals surface area contributed by atoms with Crippen LogP contribution in [0, 0.1) is 23.2 Å². The molecule has 1 nitrogen and oxygen atoms in total. The lowest BCUT2D eigenvalue weighted by atomic mass is 9.94.